The van der Waals surface area contributed by atoms with Crippen molar-refractivity contribution in [1.29, 1.82) is 0 Å². The van der Waals surface area contributed by atoms with E-state index in [1.807, 2.05) is 32.0 Å². The van der Waals surface area contributed by atoms with E-state index < -0.39 is 12.1 Å². The Kier molecular flexibility index (Phi) is 8.61. The van der Waals surface area contributed by atoms with E-state index in [9.17, 15) is 14.7 Å². The Labute approximate surface area is 193 Å². The van der Waals surface area contributed by atoms with Crippen LogP contribution in [-0.2, 0) is 20.9 Å². The quantitative estimate of drug-likeness (QED) is 0.494. The predicted octanol–water partition coefficient (Wildman–Crippen LogP) is 4.37. The van der Waals surface area contributed by atoms with Crippen LogP contribution in [0.15, 0.2) is 53.4 Å². The molecule has 3 rings (SSSR count). The third-order valence-electron chi connectivity index (χ3n) is 5.80. The molecule has 2 aromatic rings. The van der Waals surface area contributed by atoms with Gasteiger partial charge in [-0.25, -0.2) is 4.79 Å². The molecule has 0 unspecified atom stereocenters. The van der Waals surface area contributed by atoms with Gasteiger partial charge in [0.25, 0.3) is 0 Å². The molecule has 0 saturated heterocycles. The number of carboxylic acid groups (broad SMARTS) is 1. The molecule has 1 aromatic carbocycles. The number of nitrogens with one attached hydrogen (secondary N) is 2. The fraction of sp³-hybridized carbons (Fsp3) is 0.440. The van der Waals surface area contributed by atoms with Crippen LogP contribution in [0.1, 0.15) is 45.6 Å². The molecule has 1 aromatic heterocycles. The number of hydrogen-bond donors (Lipinski definition) is 3. The highest BCUT2D eigenvalue weighted by Crippen LogP contribution is 2.27. The minimum atomic E-state index is -0.948. The van der Waals surface area contributed by atoms with Gasteiger partial charge in [-0.2, -0.15) is 0 Å². The van der Waals surface area contributed by atoms with E-state index >= 15 is 0 Å². The van der Waals surface area contributed by atoms with E-state index in [-0.39, 0.29) is 24.1 Å². The number of amides is 1. The highest BCUT2D eigenvalue weighted by Gasteiger charge is 2.37. The summed E-state index contributed by atoms with van der Waals surface area (Å²) in [7, 11) is 0. The van der Waals surface area contributed by atoms with Gasteiger partial charge in [-0.15, -0.1) is 11.3 Å². The zero-order chi connectivity index (χ0) is 23.1. The third kappa shape index (κ3) is 6.28. The van der Waals surface area contributed by atoms with E-state index in [2.05, 4.69) is 34.2 Å². The van der Waals surface area contributed by atoms with Gasteiger partial charge in [0.1, 0.15) is 0 Å². The fourth-order valence-electron chi connectivity index (χ4n) is 4.09. The highest BCUT2D eigenvalue weighted by molar-refractivity contribution is 7.13. The Balaban J connectivity index is 1.81. The van der Waals surface area contributed by atoms with E-state index in [0.717, 1.165) is 24.0 Å². The number of carbonyl (C=O) groups is 2. The van der Waals surface area contributed by atoms with Crippen LogP contribution in [0, 0.1) is 0 Å². The second-order valence-electron chi connectivity index (χ2n) is 8.13. The fourth-order valence-corrected chi connectivity index (χ4v) is 4.82. The van der Waals surface area contributed by atoms with Crippen LogP contribution in [0.5, 0.6) is 0 Å². The van der Waals surface area contributed by atoms with Crippen molar-refractivity contribution in [1.82, 2.24) is 10.6 Å². The van der Waals surface area contributed by atoms with Crippen molar-refractivity contribution in [2.75, 3.05) is 0 Å². The number of ether oxygens (including phenoxy) is 1. The van der Waals surface area contributed by atoms with Crippen LogP contribution in [0.25, 0.3) is 10.4 Å². The highest BCUT2D eigenvalue weighted by atomic mass is 32.1. The maximum absolute atomic E-state index is 12.0. The Bertz CT molecular complexity index is 937. The molecule has 32 heavy (non-hydrogen) atoms. The van der Waals surface area contributed by atoms with Crippen LogP contribution in [0.4, 0.5) is 0 Å². The molecule has 1 heterocycles. The van der Waals surface area contributed by atoms with Crippen LogP contribution < -0.4 is 10.6 Å². The summed E-state index contributed by atoms with van der Waals surface area (Å²) >= 11 is 1.69. The van der Waals surface area contributed by atoms with Crippen molar-refractivity contribution in [2.24, 2.45) is 0 Å². The number of thiophene rings is 1. The van der Waals surface area contributed by atoms with Gasteiger partial charge in [0.2, 0.25) is 5.91 Å². The van der Waals surface area contributed by atoms with Crippen LogP contribution in [0.3, 0.4) is 0 Å². The van der Waals surface area contributed by atoms with Crippen molar-refractivity contribution in [3.05, 3.63) is 59.0 Å². The minimum Gasteiger partial charge on any atom is -0.478 e. The van der Waals surface area contributed by atoms with Crippen molar-refractivity contribution in [3.8, 4) is 10.4 Å². The maximum atomic E-state index is 12.0. The molecule has 0 saturated carbocycles. The standard InChI is InChI=1S/C25H32N2O4S/c1-4-20(5-2)31-22-14-19(25(29)30)13-21(24(22)27-16(3)28)26-15-17-8-6-9-18(12-17)23-10-7-11-32-23/h6-12,14,20-22,24,26H,4-5,13,15H2,1-3H3,(H,27,28)(H,29,30)/t21-,22+,24+/m0/s1. The third-order valence-corrected chi connectivity index (χ3v) is 6.72. The molecule has 3 N–H and O–H groups in total. The first-order valence-electron chi connectivity index (χ1n) is 11.1. The summed E-state index contributed by atoms with van der Waals surface area (Å²) in [6.07, 6.45) is 3.13. The molecule has 1 aliphatic carbocycles. The van der Waals surface area contributed by atoms with Crippen molar-refractivity contribution < 1.29 is 19.4 Å². The molecule has 7 heteroatoms. The lowest BCUT2D eigenvalue weighted by molar-refractivity contribution is -0.133. The topological polar surface area (TPSA) is 87.7 Å². The van der Waals surface area contributed by atoms with Gasteiger partial charge in [-0.05, 0) is 54.0 Å². The van der Waals surface area contributed by atoms with Gasteiger partial charge in [-0.1, -0.05) is 38.1 Å². The van der Waals surface area contributed by atoms with Gasteiger partial charge >= 0.3 is 5.97 Å². The molecule has 6 nitrogen and oxygen atoms in total. The van der Waals surface area contributed by atoms with Crippen molar-refractivity contribution in [3.63, 3.8) is 0 Å². The second kappa shape index (κ2) is 11.4. The molecule has 0 spiro atoms. The summed E-state index contributed by atoms with van der Waals surface area (Å²) in [5, 5.41) is 18.2. The molecule has 0 radical (unpaired) electrons. The number of hydrogen-bond acceptors (Lipinski definition) is 5. The second-order valence-corrected chi connectivity index (χ2v) is 9.08. The predicted molar refractivity (Wildman–Crippen MR) is 128 cm³/mol. The Morgan fingerprint density at radius 3 is 2.62 bits per heavy atom. The van der Waals surface area contributed by atoms with Crippen molar-refractivity contribution >= 4 is 23.2 Å². The van der Waals surface area contributed by atoms with Gasteiger partial charge in [-0.3, -0.25) is 4.79 Å². The Morgan fingerprint density at radius 2 is 2.00 bits per heavy atom. The molecule has 172 valence electrons. The first-order valence-corrected chi connectivity index (χ1v) is 12.0. The molecule has 1 amide bonds. The first-order chi connectivity index (χ1) is 15.4. The molecular weight excluding hydrogens is 424 g/mol. The van der Waals surface area contributed by atoms with E-state index in [1.165, 1.54) is 11.8 Å². The lowest BCUT2D eigenvalue weighted by Gasteiger charge is -2.38. The lowest BCUT2D eigenvalue weighted by Crippen LogP contribution is -2.58. The molecular formula is C25H32N2O4S. The van der Waals surface area contributed by atoms with Crippen molar-refractivity contribution in [2.45, 2.75) is 70.9 Å². The van der Waals surface area contributed by atoms with Gasteiger partial charge in [0.05, 0.1) is 18.2 Å². The van der Waals surface area contributed by atoms with Crippen LogP contribution >= 0.6 is 11.3 Å². The van der Waals surface area contributed by atoms with Crippen LogP contribution in [0.2, 0.25) is 0 Å². The van der Waals surface area contributed by atoms with Crippen LogP contribution in [-0.4, -0.2) is 41.3 Å². The molecule has 1 aliphatic rings. The monoisotopic (exact) mass is 456 g/mol. The first kappa shape index (κ1) is 24.2. The zero-order valence-corrected chi connectivity index (χ0v) is 19.7. The SMILES string of the molecule is CCC(CC)O[C@@H]1C=C(C(=O)O)C[C@H](NCc2cccc(-c3cccs3)c2)[C@H]1NC(C)=O. The molecule has 0 bridgehead atoms. The van der Waals surface area contributed by atoms with E-state index in [0.29, 0.717) is 18.5 Å². The molecule has 0 fully saturated rings. The largest absolute Gasteiger partial charge is 0.478 e. The zero-order valence-electron chi connectivity index (χ0n) is 18.8. The minimum absolute atomic E-state index is 0.00350. The van der Waals surface area contributed by atoms with E-state index in [4.69, 9.17) is 4.74 Å². The molecule has 3 atom stereocenters. The van der Waals surface area contributed by atoms with E-state index in [1.54, 1.807) is 17.4 Å². The average Bonchev–Trinajstić information content (AvgIpc) is 3.32. The Hall–Kier alpha value is -2.48. The summed E-state index contributed by atoms with van der Waals surface area (Å²) in [4.78, 5) is 25.0. The van der Waals surface area contributed by atoms with Gasteiger partial charge < -0.3 is 20.5 Å². The average molecular weight is 457 g/mol. The number of benzene rings is 1. The smallest absolute Gasteiger partial charge is 0.331 e. The van der Waals surface area contributed by atoms with Gasteiger partial charge in [0.15, 0.2) is 0 Å². The number of carbonyl (C=O) groups excluding carboxylic acids is 1. The number of carboxylic acids is 1. The summed E-state index contributed by atoms with van der Waals surface area (Å²) in [6.45, 7) is 6.13. The van der Waals surface area contributed by atoms with Gasteiger partial charge in [0, 0.05) is 30.0 Å². The Morgan fingerprint density at radius 1 is 1.22 bits per heavy atom. The summed E-state index contributed by atoms with van der Waals surface area (Å²) in [5.41, 5.74) is 2.57. The summed E-state index contributed by atoms with van der Waals surface area (Å²) < 4.78 is 6.24. The number of aliphatic carboxylic acids is 1. The lowest BCUT2D eigenvalue weighted by atomic mass is 9.87. The summed E-state index contributed by atoms with van der Waals surface area (Å²) in [6, 6.07) is 11.8. The summed E-state index contributed by atoms with van der Waals surface area (Å²) in [5.74, 6) is -1.11. The normalized spacial score (nSPS) is 20.8. The number of rotatable bonds is 10. The maximum Gasteiger partial charge on any atom is 0.331 e. The molecule has 0 aliphatic heterocycles.